The first kappa shape index (κ1) is 73.8. The number of nitrogen functional groups attached to an aromatic ring is 4. The highest BCUT2D eigenvalue weighted by Crippen LogP contribution is 2.71. The van der Waals surface area contributed by atoms with Crippen LogP contribution in [0.2, 0.25) is 0 Å². The lowest BCUT2D eigenvalue weighted by Crippen LogP contribution is -2.55. The molecule has 0 bridgehead atoms. The molecule has 0 heterocycles. The molecule has 8 saturated carbocycles. The van der Waals surface area contributed by atoms with Crippen molar-refractivity contribution in [2.75, 3.05) is 29.5 Å². The van der Waals surface area contributed by atoms with Crippen molar-refractivity contribution < 1.29 is 45.3 Å². The van der Waals surface area contributed by atoms with E-state index >= 15 is 26.3 Å². The smallest absolute Gasteiger partial charge is 0.424 e. The molecule has 0 radical (unpaired) electrons. The summed E-state index contributed by atoms with van der Waals surface area (Å²) in [7, 11) is 0. The van der Waals surface area contributed by atoms with E-state index in [0.29, 0.717) is 79.6 Å². The van der Waals surface area contributed by atoms with E-state index < -0.39 is 35.9 Å². The average molecular weight is 1310 g/mol. The molecule has 8 nitrogen and oxygen atoms in total. The van der Waals surface area contributed by atoms with E-state index in [1.807, 2.05) is 0 Å². The fourth-order valence-corrected chi connectivity index (χ4v) is 22.8. The molecule has 8 aliphatic carbocycles. The van der Waals surface area contributed by atoms with Crippen LogP contribution >= 0.6 is 0 Å². The maximum absolute atomic E-state index is 15.2. The van der Waals surface area contributed by atoms with Crippen LogP contribution in [0.15, 0.2) is 36.4 Å². The zero-order chi connectivity index (χ0) is 67.2. The molecule has 18 atom stereocenters. The number of ether oxygens (including phenoxy) is 3. The molecular formula is C79H126F6N4O4. The summed E-state index contributed by atoms with van der Waals surface area (Å²) >= 11 is 0. The van der Waals surface area contributed by atoms with Gasteiger partial charge < -0.3 is 37.1 Å². The van der Waals surface area contributed by atoms with Crippen molar-refractivity contribution in [2.45, 2.75) is 317 Å². The maximum Gasteiger partial charge on any atom is 0.424 e. The summed E-state index contributed by atoms with van der Waals surface area (Å²) in [6.07, 6.45) is 31.4. The molecule has 14 heteroatoms. The second-order valence-corrected chi connectivity index (χ2v) is 33.3. The number of carbonyl (C=O) groups is 1. The molecule has 8 aliphatic rings. The third-order valence-electron chi connectivity index (χ3n) is 27.7. The van der Waals surface area contributed by atoms with Crippen molar-refractivity contribution in [3.8, 4) is 0 Å². The standard InChI is InChI=1S/C48H78F4N2O3.C31H48F2N2O/c1-5-6-7-8-9-10-11-12-13-14-15-16-17-18-29-56-44(55)24-19-34(2)41-22-23-42-40-21-20-35-32-39(25-27-45(35,3)43(40)26-28-46(41,42)4)57-48(51,52)47(49,50)36-30-37(53)33-38(54)31-36;1-5-6-19(2)26-9-10-27-25-8-7-20-17-24(11-13-29(20,3)28(25)12-14-30(26,27)4)36-31(32,33)21-15-22(34)18-23(35)16-21/h30-31,33-35,39-43H,5-29,32,53-54H2,1-4H3;15-16,18-20,24-28H,5-14,17,34-35H2,1-4H3/t34-,35?,39?,40?,41-,42?,43?,45+,46-;19-,20?,24?,25+,26-,27+,28+,29+,30-/m11/s1. The number of esters is 1. The molecule has 10 rings (SSSR count). The lowest BCUT2D eigenvalue weighted by molar-refractivity contribution is -0.373. The lowest BCUT2D eigenvalue weighted by atomic mass is 9.44. The van der Waals surface area contributed by atoms with Gasteiger partial charge in [-0.15, -0.1) is 0 Å². The van der Waals surface area contributed by atoms with Crippen LogP contribution in [-0.2, 0) is 31.0 Å². The minimum atomic E-state index is -4.69. The summed E-state index contributed by atoms with van der Waals surface area (Å²) in [5.74, 6) is 2.89. The first-order valence-corrected chi connectivity index (χ1v) is 38.1. The number of halogens is 6. The molecule has 2 aromatic rings. The zero-order valence-corrected chi connectivity index (χ0v) is 58.9. The van der Waals surface area contributed by atoms with E-state index in [9.17, 15) is 4.79 Å². The average Bonchev–Trinajstić information content (AvgIpc) is 1.71. The summed E-state index contributed by atoms with van der Waals surface area (Å²) in [5.41, 5.74) is 22.9. The second-order valence-electron chi connectivity index (χ2n) is 33.3. The van der Waals surface area contributed by atoms with Crippen molar-refractivity contribution >= 4 is 28.7 Å². The Morgan fingerprint density at radius 2 is 0.871 bits per heavy atom. The van der Waals surface area contributed by atoms with Crippen LogP contribution in [0.1, 0.15) is 298 Å². The monoisotopic (exact) mass is 1310 g/mol. The third-order valence-corrected chi connectivity index (χ3v) is 27.7. The van der Waals surface area contributed by atoms with Crippen molar-refractivity contribution in [3.63, 3.8) is 0 Å². The molecule has 8 fully saturated rings. The SMILES string of the molecule is CCCCCCCCCCCCCCCCOC(=O)CC[C@@H](C)[C@H]1CCC2C3CCC4CC(OC(F)(F)C(F)(F)c5cc(N)cc(N)c5)CC[C@]4(C)C3CC[C@@]21C.CCC[C@@H](C)[C@H]1CC[C@H]2[C@@H]3CCC4CC(OC(F)(F)c5cc(N)cc(N)c5)CC[C@]4(C)[C@H]3CC[C@]12C. The number of benzene rings is 2. The second kappa shape index (κ2) is 31.2. The molecule has 0 spiro atoms. The molecule has 0 aliphatic heterocycles. The summed E-state index contributed by atoms with van der Waals surface area (Å²) in [5, 5.41) is 0. The minimum absolute atomic E-state index is 0.00928. The highest BCUT2D eigenvalue weighted by molar-refractivity contribution is 5.69. The van der Waals surface area contributed by atoms with Crippen molar-refractivity contribution in [1.82, 2.24) is 0 Å². The van der Waals surface area contributed by atoms with E-state index in [2.05, 4.69) is 55.4 Å². The Balaban J connectivity index is 0.000000242. The molecule has 8 N–H and O–H groups in total. The fraction of sp³-hybridized carbons (Fsp3) is 0.835. The van der Waals surface area contributed by atoms with Gasteiger partial charge in [0.15, 0.2) is 0 Å². The van der Waals surface area contributed by atoms with Crippen LogP contribution in [0.3, 0.4) is 0 Å². The van der Waals surface area contributed by atoms with Crippen molar-refractivity contribution in [2.24, 2.45) is 92.7 Å². The number of nitrogens with two attached hydrogens (primary N) is 4. The predicted molar refractivity (Wildman–Crippen MR) is 367 cm³/mol. The first-order chi connectivity index (χ1) is 44.1. The predicted octanol–water partition coefficient (Wildman–Crippen LogP) is 22.4. The molecule has 7 unspecified atom stereocenters. The summed E-state index contributed by atoms with van der Waals surface area (Å²) < 4.78 is 107. The van der Waals surface area contributed by atoms with Crippen LogP contribution < -0.4 is 22.9 Å². The van der Waals surface area contributed by atoms with Crippen molar-refractivity contribution in [3.05, 3.63) is 47.5 Å². The van der Waals surface area contributed by atoms with Crippen LogP contribution in [0.4, 0.5) is 49.1 Å². The van der Waals surface area contributed by atoms with Gasteiger partial charge in [-0.2, -0.15) is 26.3 Å². The summed E-state index contributed by atoms with van der Waals surface area (Å²) in [6, 6.07) is 7.00. The van der Waals surface area contributed by atoms with Gasteiger partial charge in [-0.3, -0.25) is 4.79 Å². The van der Waals surface area contributed by atoms with Gasteiger partial charge in [0.05, 0.1) is 24.4 Å². The summed E-state index contributed by atoms with van der Waals surface area (Å²) in [6.45, 7) is 19.9. The Morgan fingerprint density at radius 1 is 0.473 bits per heavy atom. The fourth-order valence-electron chi connectivity index (χ4n) is 22.8. The molecular weight excluding hydrogens is 1180 g/mol. The maximum atomic E-state index is 15.2. The highest BCUT2D eigenvalue weighted by atomic mass is 19.3. The van der Waals surface area contributed by atoms with Gasteiger partial charge in [0.1, 0.15) is 0 Å². The van der Waals surface area contributed by atoms with Crippen LogP contribution in [0.25, 0.3) is 0 Å². The van der Waals surface area contributed by atoms with Gasteiger partial charge in [0, 0.05) is 34.7 Å². The van der Waals surface area contributed by atoms with Crippen LogP contribution in [0, 0.1) is 92.7 Å². The van der Waals surface area contributed by atoms with Gasteiger partial charge >= 0.3 is 24.1 Å². The number of unbranched alkanes of at least 4 members (excludes halogenated alkanes) is 13. The number of carbonyl (C=O) groups excluding carboxylic acids is 1. The summed E-state index contributed by atoms with van der Waals surface area (Å²) in [4.78, 5) is 12.7. The highest BCUT2D eigenvalue weighted by Gasteiger charge is 2.65. The van der Waals surface area contributed by atoms with E-state index in [0.717, 1.165) is 106 Å². The van der Waals surface area contributed by atoms with Gasteiger partial charge in [-0.25, -0.2) is 0 Å². The molecule has 93 heavy (non-hydrogen) atoms. The Kier molecular flexibility index (Phi) is 24.8. The molecule has 0 aromatic heterocycles. The van der Waals surface area contributed by atoms with Crippen molar-refractivity contribution in [1.29, 1.82) is 0 Å². The topological polar surface area (TPSA) is 149 Å². The van der Waals surface area contributed by atoms with Crippen LogP contribution in [0.5, 0.6) is 0 Å². The lowest BCUT2D eigenvalue weighted by Gasteiger charge is -2.61. The van der Waals surface area contributed by atoms with E-state index in [1.165, 1.54) is 159 Å². The Labute approximate surface area is 558 Å². The van der Waals surface area contributed by atoms with Crippen LogP contribution in [-0.4, -0.2) is 30.9 Å². The minimum Gasteiger partial charge on any atom is -0.466 e. The Morgan fingerprint density at radius 3 is 1.32 bits per heavy atom. The Bertz CT molecular complexity index is 2670. The zero-order valence-electron chi connectivity index (χ0n) is 58.9. The largest absolute Gasteiger partial charge is 0.466 e. The first-order valence-electron chi connectivity index (χ1n) is 38.1. The van der Waals surface area contributed by atoms with Gasteiger partial charge in [0.25, 0.3) is 0 Å². The van der Waals surface area contributed by atoms with Gasteiger partial charge in [-0.05, 0) is 257 Å². The van der Waals surface area contributed by atoms with E-state index in [1.54, 1.807) is 0 Å². The number of fused-ring (bicyclic) bond motifs is 10. The number of alkyl halides is 6. The third kappa shape index (κ3) is 16.5. The molecule has 528 valence electrons. The quantitative estimate of drug-likeness (QED) is 0.0272. The number of anilines is 4. The Hall–Kier alpha value is -3.39. The van der Waals surface area contributed by atoms with E-state index in [-0.39, 0.29) is 56.4 Å². The number of hydrogen-bond acceptors (Lipinski definition) is 8. The van der Waals surface area contributed by atoms with Gasteiger partial charge in [0.2, 0.25) is 0 Å². The normalized spacial score (nSPS) is 34.8. The molecule has 2 aromatic carbocycles. The number of hydrogen-bond donors (Lipinski definition) is 4. The molecule has 0 amide bonds. The van der Waals surface area contributed by atoms with Gasteiger partial charge in [-0.1, -0.05) is 152 Å². The molecule has 0 saturated heterocycles. The number of rotatable bonds is 29. The van der Waals surface area contributed by atoms with E-state index in [4.69, 9.17) is 37.1 Å².